The van der Waals surface area contributed by atoms with Crippen molar-refractivity contribution in [2.45, 2.75) is 38.8 Å². The molecule has 1 aromatic carbocycles. The Morgan fingerprint density at radius 1 is 1.60 bits per heavy atom. The number of hydrogen-bond donors (Lipinski definition) is 1. The van der Waals surface area contributed by atoms with Crippen LogP contribution >= 0.6 is 11.6 Å². The average molecular weight is 298 g/mol. The number of amides is 1. The molecule has 0 spiro atoms. The molecule has 1 amide bonds. The van der Waals surface area contributed by atoms with E-state index in [4.69, 9.17) is 21.1 Å². The zero-order valence-electron chi connectivity index (χ0n) is 11.8. The second-order valence-electron chi connectivity index (χ2n) is 5.11. The lowest BCUT2D eigenvalue weighted by molar-refractivity contribution is -0.124. The zero-order valence-corrected chi connectivity index (χ0v) is 12.6. The molecule has 0 saturated carbocycles. The van der Waals surface area contributed by atoms with Crippen LogP contribution in [0, 0.1) is 6.92 Å². The van der Waals surface area contributed by atoms with Crippen molar-refractivity contribution in [2.24, 2.45) is 0 Å². The van der Waals surface area contributed by atoms with Crippen LogP contribution in [0.1, 0.15) is 25.3 Å². The van der Waals surface area contributed by atoms with Crippen molar-refractivity contribution in [3.63, 3.8) is 0 Å². The van der Waals surface area contributed by atoms with Gasteiger partial charge in [-0.25, -0.2) is 0 Å². The summed E-state index contributed by atoms with van der Waals surface area (Å²) in [5.41, 5.74) is 0.914. The van der Waals surface area contributed by atoms with Crippen molar-refractivity contribution in [1.29, 1.82) is 0 Å². The third-order valence-electron chi connectivity index (χ3n) is 3.41. The van der Waals surface area contributed by atoms with Crippen LogP contribution < -0.4 is 10.1 Å². The minimum Gasteiger partial charge on any atom is -0.484 e. The molecule has 1 N–H and O–H groups in total. The second kappa shape index (κ2) is 6.95. The number of rotatable bonds is 5. The Labute approximate surface area is 124 Å². The number of halogens is 1. The maximum absolute atomic E-state index is 11.8. The molecule has 1 fully saturated rings. The highest BCUT2D eigenvalue weighted by Gasteiger charge is 2.23. The first-order valence-corrected chi connectivity index (χ1v) is 7.24. The van der Waals surface area contributed by atoms with E-state index in [9.17, 15) is 4.79 Å². The van der Waals surface area contributed by atoms with Gasteiger partial charge in [-0.3, -0.25) is 4.79 Å². The van der Waals surface area contributed by atoms with Gasteiger partial charge in [0, 0.05) is 11.6 Å². The molecule has 0 unspecified atom stereocenters. The van der Waals surface area contributed by atoms with Crippen LogP contribution in [-0.2, 0) is 9.53 Å². The molecular formula is C15H20ClNO3. The van der Waals surface area contributed by atoms with Crippen LogP contribution in [0.3, 0.4) is 0 Å². The fourth-order valence-electron chi connectivity index (χ4n) is 2.30. The predicted octanol–water partition coefficient (Wildman–Crippen LogP) is 2.71. The molecule has 0 aliphatic carbocycles. The maximum atomic E-state index is 11.8. The van der Waals surface area contributed by atoms with Gasteiger partial charge >= 0.3 is 0 Å². The fraction of sp³-hybridized carbons (Fsp3) is 0.533. The van der Waals surface area contributed by atoms with Crippen molar-refractivity contribution < 1.29 is 14.3 Å². The Balaban J connectivity index is 1.79. The van der Waals surface area contributed by atoms with E-state index < -0.39 is 0 Å². The summed E-state index contributed by atoms with van der Waals surface area (Å²) in [5, 5.41) is 3.57. The Bertz CT molecular complexity index is 472. The largest absolute Gasteiger partial charge is 0.484 e. The second-order valence-corrected chi connectivity index (χ2v) is 5.54. The first-order chi connectivity index (χ1) is 9.56. The first kappa shape index (κ1) is 15.1. The normalized spacial score (nSPS) is 19.6. The van der Waals surface area contributed by atoms with Crippen LogP contribution in [0.25, 0.3) is 0 Å². The van der Waals surface area contributed by atoms with E-state index in [0.717, 1.165) is 25.0 Å². The zero-order chi connectivity index (χ0) is 14.5. The van der Waals surface area contributed by atoms with E-state index in [0.29, 0.717) is 10.8 Å². The van der Waals surface area contributed by atoms with Gasteiger partial charge in [0.25, 0.3) is 5.91 Å². The van der Waals surface area contributed by atoms with Gasteiger partial charge in [0.05, 0.1) is 12.1 Å². The number of aryl methyl sites for hydroxylation is 1. The van der Waals surface area contributed by atoms with E-state index >= 15 is 0 Å². The van der Waals surface area contributed by atoms with E-state index in [2.05, 4.69) is 5.32 Å². The van der Waals surface area contributed by atoms with Gasteiger partial charge in [-0.15, -0.1) is 0 Å². The van der Waals surface area contributed by atoms with Crippen LogP contribution in [0.2, 0.25) is 5.02 Å². The van der Waals surface area contributed by atoms with Gasteiger partial charge in [0.1, 0.15) is 5.75 Å². The number of hydrogen-bond acceptors (Lipinski definition) is 3. The highest BCUT2D eigenvalue weighted by Crippen LogP contribution is 2.21. The minimum absolute atomic E-state index is 0.000464. The summed E-state index contributed by atoms with van der Waals surface area (Å²) < 4.78 is 11.0. The summed E-state index contributed by atoms with van der Waals surface area (Å²) in [4.78, 5) is 11.8. The number of ether oxygens (including phenoxy) is 2. The van der Waals surface area contributed by atoms with Crippen molar-refractivity contribution in [2.75, 3.05) is 13.2 Å². The van der Waals surface area contributed by atoms with Crippen molar-refractivity contribution in [3.8, 4) is 5.75 Å². The first-order valence-electron chi connectivity index (χ1n) is 6.86. The summed E-state index contributed by atoms with van der Waals surface area (Å²) in [6.45, 7) is 4.64. The van der Waals surface area contributed by atoms with Crippen LogP contribution in [-0.4, -0.2) is 31.3 Å². The molecule has 1 heterocycles. The highest BCUT2D eigenvalue weighted by atomic mass is 35.5. The maximum Gasteiger partial charge on any atom is 0.258 e. The molecule has 2 rings (SSSR count). The smallest absolute Gasteiger partial charge is 0.258 e. The molecule has 0 bridgehead atoms. The summed E-state index contributed by atoms with van der Waals surface area (Å²) in [6.07, 6.45) is 2.18. The molecular weight excluding hydrogens is 278 g/mol. The third kappa shape index (κ3) is 4.12. The summed E-state index contributed by atoms with van der Waals surface area (Å²) >= 11 is 5.87. The Kier molecular flexibility index (Phi) is 5.26. The molecule has 0 aromatic heterocycles. The van der Waals surface area contributed by atoms with Gasteiger partial charge in [0.15, 0.2) is 6.61 Å². The van der Waals surface area contributed by atoms with E-state index in [1.807, 2.05) is 19.9 Å². The number of carbonyl (C=O) groups excluding carboxylic acids is 1. The Morgan fingerprint density at radius 2 is 2.40 bits per heavy atom. The molecule has 4 nitrogen and oxygen atoms in total. The highest BCUT2D eigenvalue weighted by molar-refractivity contribution is 6.30. The molecule has 110 valence electrons. The third-order valence-corrected chi connectivity index (χ3v) is 3.64. The van der Waals surface area contributed by atoms with E-state index in [1.54, 1.807) is 12.1 Å². The Hall–Kier alpha value is -1.26. The van der Waals surface area contributed by atoms with E-state index in [-0.39, 0.29) is 24.7 Å². The SMILES string of the molecule is Cc1cc(Cl)ccc1OCC(=O)N[C@@H](C)[C@@H]1CCCO1. The predicted molar refractivity (Wildman–Crippen MR) is 78.3 cm³/mol. The lowest BCUT2D eigenvalue weighted by atomic mass is 10.1. The summed E-state index contributed by atoms with van der Waals surface area (Å²) in [6, 6.07) is 5.34. The molecule has 2 atom stereocenters. The quantitative estimate of drug-likeness (QED) is 0.909. The van der Waals surface area contributed by atoms with Gasteiger partial charge < -0.3 is 14.8 Å². The number of nitrogens with one attached hydrogen (secondary N) is 1. The van der Waals surface area contributed by atoms with Gasteiger partial charge in [-0.05, 0) is 50.5 Å². The standard InChI is InChI=1S/C15H20ClNO3/c1-10-8-12(16)5-6-13(10)20-9-15(18)17-11(2)14-4-3-7-19-14/h5-6,8,11,14H,3-4,7,9H2,1-2H3,(H,17,18)/t11-,14-/m0/s1. The minimum atomic E-state index is -0.137. The lowest BCUT2D eigenvalue weighted by Crippen LogP contribution is -2.42. The molecule has 5 heteroatoms. The molecule has 1 aromatic rings. The van der Waals surface area contributed by atoms with Crippen molar-refractivity contribution in [3.05, 3.63) is 28.8 Å². The average Bonchev–Trinajstić information content (AvgIpc) is 2.91. The summed E-state index contributed by atoms with van der Waals surface area (Å²) in [7, 11) is 0. The monoisotopic (exact) mass is 297 g/mol. The fourth-order valence-corrected chi connectivity index (χ4v) is 2.53. The van der Waals surface area contributed by atoms with Crippen LogP contribution in [0.4, 0.5) is 0 Å². The lowest BCUT2D eigenvalue weighted by Gasteiger charge is -2.20. The summed E-state index contributed by atoms with van der Waals surface area (Å²) in [5.74, 6) is 0.539. The number of benzene rings is 1. The van der Waals surface area contributed by atoms with Crippen molar-refractivity contribution >= 4 is 17.5 Å². The molecule has 1 saturated heterocycles. The van der Waals surface area contributed by atoms with Gasteiger partial charge in [-0.1, -0.05) is 11.6 Å². The molecule has 1 aliphatic heterocycles. The van der Waals surface area contributed by atoms with Crippen LogP contribution in [0.5, 0.6) is 5.75 Å². The molecule has 20 heavy (non-hydrogen) atoms. The van der Waals surface area contributed by atoms with Crippen LogP contribution in [0.15, 0.2) is 18.2 Å². The van der Waals surface area contributed by atoms with E-state index in [1.165, 1.54) is 0 Å². The number of carbonyl (C=O) groups is 1. The Morgan fingerprint density at radius 3 is 3.05 bits per heavy atom. The molecule has 1 aliphatic rings. The van der Waals surface area contributed by atoms with Crippen molar-refractivity contribution in [1.82, 2.24) is 5.32 Å². The van der Waals surface area contributed by atoms with Gasteiger partial charge in [0.2, 0.25) is 0 Å². The molecule has 0 radical (unpaired) electrons. The topological polar surface area (TPSA) is 47.6 Å². The van der Waals surface area contributed by atoms with Gasteiger partial charge in [-0.2, -0.15) is 0 Å².